The van der Waals surface area contributed by atoms with Crippen molar-refractivity contribution in [3.8, 4) is 0 Å². The molecule has 118 valence electrons. The zero-order valence-electron chi connectivity index (χ0n) is 13.3. The molecule has 0 spiro atoms. The van der Waals surface area contributed by atoms with E-state index in [1.807, 2.05) is 13.8 Å². The summed E-state index contributed by atoms with van der Waals surface area (Å²) >= 11 is 0. The highest BCUT2D eigenvalue weighted by atomic mass is 16.5. The molecule has 0 saturated heterocycles. The Hall–Kier alpha value is -2.11. The van der Waals surface area contributed by atoms with E-state index in [0.29, 0.717) is 12.9 Å². The summed E-state index contributed by atoms with van der Waals surface area (Å²) in [6.07, 6.45) is 4.68. The third-order valence-electron chi connectivity index (χ3n) is 2.63. The lowest BCUT2D eigenvalue weighted by molar-refractivity contribution is -0.126. The van der Waals surface area contributed by atoms with Gasteiger partial charge in [-0.15, -0.1) is 0 Å². The highest BCUT2D eigenvalue weighted by Crippen LogP contribution is 2.16. The number of carbonyl (C=O) groups is 2. The molecule has 0 aliphatic heterocycles. The lowest BCUT2D eigenvalue weighted by atomic mass is 9.92. The highest BCUT2D eigenvalue weighted by Gasteiger charge is 2.22. The van der Waals surface area contributed by atoms with Crippen molar-refractivity contribution in [3.05, 3.63) is 23.7 Å². The molecule has 0 aromatic rings. The van der Waals surface area contributed by atoms with E-state index < -0.39 is 5.41 Å². The van der Waals surface area contributed by atoms with Crippen LogP contribution in [0, 0.1) is 16.7 Å². The van der Waals surface area contributed by atoms with Gasteiger partial charge in [0, 0.05) is 19.5 Å². The predicted molar refractivity (Wildman–Crippen MR) is 82.8 cm³/mol. The molecule has 0 unspecified atom stereocenters. The zero-order valence-corrected chi connectivity index (χ0v) is 13.3. The Labute approximate surface area is 126 Å². The molecule has 21 heavy (non-hydrogen) atoms. The van der Waals surface area contributed by atoms with Crippen molar-refractivity contribution in [1.29, 1.82) is 5.41 Å². The number of allylic oxidation sites excluding steroid dienone is 1. The summed E-state index contributed by atoms with van der Waals surface area (Å²) in [4.78, 5) is 22.6. The van der Waals surface area contributed by atoms with E-state index in [-0.39, 0.29) is 23.3 Å². The SMILES string of the molecule is CNC(=O)C(C)(C)/C=C/N/C(OCC(C)C)=C(\C=N)C=O. The average Bonchev–Trinajstić information content (AvgIpc) is 2.43. The van der Waals surface area contributed by atoms with Crippen molar-refractivity contribution < 1.29 is 14.3 Å². The Balaban J connectivity index is 5.00. The molecule has 3 N–H and O–H groups in total. The standard InChI is InChI=1S/C15H25N3O3/c1-11(2)10-21-13(12(8-16)9-19)18-7-6-15(3,4)14(20)17-5/h6-9,11,16,18H,10H2,1-5H3,(H,17,20)/b7-6+,13-12-,16-8?. The molecule has 0 aromatic carbocycles. The second kappa shape index (κ2) is 8.94. The minimum Gasteiger partial charge on any atom is -0.478 e. The van der Waals surface area contributed by atoms with Crippen molar-refractivity contribution in [2.45, 2.75) is 27.7 Å². The Bertz CT molecular complexity index is 427. The van der Waals surface area contributed by atoms with Crippen LogP contribution in [-0.2, 0) is 14.3 Å². The lowest BCUT2D eigenvalue weighted by Gasteiger charge is -2.18. The van der Waals surface area contributed by atoms with E-state index in [2.05, 4.69) is 10.6 Å². The lowest BCUT2D eigenvalue weighted by Crippen LogP contribution is -2.33. The third kappa shape index (κ3) is 6.74. The summed E-state index contributed by atoms with van der Waals surface area (Å²) in [5, 5.41) is 12.6. The van der Waals surface area contributed by atoms with Crippen molar-refractivity contribution in [2.24, 2.45) is 11.3 Å². The maximum absolute atomic E-state index is 11.6. The molecule has 0 heterocycles. The van der Waals surface area contributed by atoms with Gasteiger partial charge >= 0.3 is 0 Å². The van der Waals surface area contributed by atoms with E-state index in [1.165, 1.54) is 6.20 Å². The molecule has 0 radical (unpaired) electrons. The maximum Gasteiger partial charge on any atom is 0.229 e. The van der Waals surface area contributed by atoms with Crippen LogP contribution in [0.3, 0.4) is 0 Å². The first-order valence-electron chi connectivity index (χ1n) is 6.77. The predicted octanol–water partition coefficient (Wildman–Crippen LogP) is 1.59. The summed E-state index contributed by atoms with van der Waals surface area (Å²) in [7, 11) is 1.57. The molecular formula is C15H25N3O3. The number of rotatable bonds is 9. The second-order valence-corrected chi connectivity index (χ2v) is 5.53. The van der Waals surface area contributed by atoms with E-state index in [1.54, 1.807) is 27.0 Å². The highest BCUT2D eigenvalue weighted by molar-refractivity contribution is 6.00. The fourth-order valence-electron chi connectivity index (χ4n) is 1.33. The monoisotopic (exact) mass is 295 g/mol. The summed E-state index contributed by atoms with van der Waals surface area (Å²) < 4.78 is 5.48. The van der Waals surface area contributed by atoms with Crippen molar-refractivity contribution in [3.63, 3.8) is 0 Å². The molecule has 0 aliphatic rings. The van der Waals surface area contributed by atoms with E-state index >= 15 is 0 Å². The Morgan fingerprint density at radius 3 is 2.43 bits per heavy atom. The largest absolute Gasteiger partial charge is 0.478 e. The van der Waals surface area contributed by atoms with Crippen molar-refractivity contribution in [2.75, 3.05) is 13.7 Å². The van der Waals surface area contributed by atoms with Crippen LogP contribution in [0.25, 0.3) is 0 Å². The molecule has 6 heteroatoms. The van der Waals surface area contributed by atoms with Gasteiger partial charge in [-0.1, -0.05) is 19.9 Å². The average molecular weight is 295 g/mol. The molecule has 0 bridgehead atoms. The summed E-state index contributed by atoms with van der Waals surface area (Å²) in [5.74, 6) is 0.362. The second-order valence-electron chi connectivity index (χ2n) is 5.53. The molecule has 0 rings (SSSR count). The number of amides is 1. The van der Waals surface area contributed by atoms with Crippen molar-refractivity contribution >= 4 is 18.4 Å². The third-order valence-corrected chi connectivity index (χ3v) is 2.63. The Morgan fingerprint density at radius 2 is 2.00 bits per heavy atom. The van der Waals surface area contributed by atoms with Crippen LogP contribution in [0.1, 0.15) is 27.7 Å². The molecule has 6 nitrogen and oxygen atoms in total. The fraction of sp³-hybridized carbons (Fsp3) is 0.533. The first kappa shape index (κ1) is 18.9. The van der Waals surface area contributed by atoms with Gasteiger partial charge in [-0.2, -0.15) is 0 Å². The van der Waals surface area contributed by atoms with Gasteiger partial charge in [-0.3, -0.25) is 9.59 Å². The van der Waals surface area contributed by atoms with E-state index in [0.717, 1.165) is 6.21 Å². The van der Waals surface area contributed by atoms with Crippen LogP contribution in [0.2, 0.25) is 0 Å². The van der Waals surface area contributed by atoms with Gasteiger partial charge in [0.2, 0.25) is 11.8 Å². The molecule has 0 saturated carbocycles. The van der Waals surface area contributed by atoms with Gasteiger partial charge in [-0.05, 0) is 19.8 Å². The number of hydrogen-bond donors (Lipinski definition) is 3. The Kier molecular flexibility index (Phi) is 8.04. The normalized spacial score (nSPS) is 12.9. The zero-order chi connectivity index (χ0) is 16.5. The van der Waals surface area contributed by atoms with Crippen LogP contribution in [0.15, 0.2) is 23.7 Å². The summed E-state index contributed by atoms with van der Waals surface area (Å²) in [5.41, 5.74) is -0.588. The minimum atomic E-state index is -0.697. The van der Waals surface area contributed by atoms with Gasteiger partial charge in [0.1, 0.15) is 0 Å². The first-order chi connectivity index (χ1) is 9.78. The molecule has 1 amide bonds. The van der Waals surface area contributed by atoms with Crippen LogP contribution in [0.4, 0.5) is 0 Å². The van der Waals surface area contributed by atoms with Crippen LogP contribution in [0.5, 0.6) is 0 Å². The molecule has 0 fully saturated rings. The fourth-order valence-corrected chi connectivity index (χ4v) is 1.33. The van der Waals surface area contributed by atoms with Crippen molar-refractivity contribution in [1.82, 2.24) is 10.6 Å². The van der Waals surface area contributed by atoms with Crippen LogP contribution in [-0.4, -0.2) is 32.1 Å². The minimum absolute atomic E-state index is 0.109. The van der Waals surface area contributed by atoms with Gasteiger partial charge < -0.3 is 20.8 Å². The molecule has 0 aliphatic carbocycles. The smallest absolute Gasteiger partial charge is 0.229 e. The number of nitrogens with one attached hydrogen (secondary N) is 3. The quantitative estimate of drug-likeness (QED) is 0.261. The number of aldehydes is 1. The van der Waals surface area contributed by atoms with Crippen LogP contribution >= 0.6 is 0 Å². The maximum atomic E-state index is 11.6. The van der Waals surface area contributed by atoms with Gasteiger partial charge in [0.25, 0.3) is 0 Å². The van der Waals surface area contributed by atoms with Gasteiger partial charge in [-0.25, -0.2) is 0 Å². The number of ether oxygens (including phenoxy) is 1. The topological polar surface area (TPSA) is 91.3 Å². The van der Waals surface area contributed by atoms with E-state index in [9.17, 15) is 9.59 Å². The summed E-state index contributed by atoms with van der Waals surface area (Å²) in [6, 6.07) is 0. The molecule has 0 aromatic heterocycles. The first-order valence-corrected chi connectivity index (χ1v) is 6.77. The Morgan fingerprint density at radius 1 is 1.38 bits per heavy atom. The van der Waals surface area contributed by atoms with E-state index in [4.69, 9.17) is 10.1 Å². The summed E-state index contributed by atoms with van der Waals surface area (Å²) in [6.45, 7) is 7.90. The molecule has 0 atom stereocenters. The number of carbonyl (C=O) groups excluding carboxylic acids is 2. The van der Waals surface area contributed by atoms with Gasteiger partial charge in [0.05, 0.1) is 17.6 Å². The molecular weight excluding hydrogens is 270 g/mol. The number of hydrogen-bond acceptors (Lipinski definition) is 5. The van der Waals surface area contributed by atoms with Crippen LogP contribution < -0.4 is 10.6 Å². The van der Waals surface area contributed by atoms with Gasteiger partial charge in [0.15, 0.2) is 6.29 Å².